The normalized spacial score (nSPS) is 20.2. The molecule has 0 radical (unpaired) electrons. The third kappa shape index (κ3) is 3.57. The van der Waals surface area contributed by atoms with Gasteiger partial charge in [-0.05, 0) is 49.7 Å². The van der Waals surface area contributed by atoms with Crippen molar-refractivity contribution < 1.29 is 27.4 Å². The van der Waals surface area contributed by atoms with Gasteiger partial charge in [-0.3, -0.25) is 9.10 Å². The van der Waals surface area contributed by atoms with E-state index in [4.69, 9.17) is 14.2 Å². The van der Waals surface area contributed by atoms with Crippen LogP contribution in [-0.4, -0.2) is 46.9 Å². The van der Waals surface area contributed by atoms with E-state index in [9.17, 15) is 13.2 Å². The first-order valence-electron chi connectivity index (χ1n) is 8.96. The lowest BCUT2D eigenvalue weighted by atomic mass is 10.1. The van der Waals surface area contributed by atoms with Crippen molar-refractivity contribution in [3.8, 4) is 17.2 Å². The monoisotopic (exact) mass is 420 g/mol. The predicted octanol–water partition coefficient (Wildman–Crippen LogP) is 2.65. The minimum absolute atomic E-state index is 0.167. The molecule has 2 aromatic rings. The van der Waals surface area contributed by atoms with Gasteiger partial charge in [0.25, 0.3) is 0 Å². The first-order valence-corrected chi connectivity index (χ1v) is 10.4. The van der Waals surface area contributed by atoms with Gasteiger partial charge in [0.2, 0.25) is 15.9 Å². The second-order valence-electron chi connectivity index (χ2n) is 6.78. The molecule has 156 valence electrons. The smallest absolute Gasteiger partial charge is 0.249 e. The molecule has 1 fully saturated rings. The van der Waals surface area contributed by atoms with E-state index in [1.54, 1.807) is 42.5 Å². The Balaban J connectivity index is 1.85. The maximum atomic E-state index is 13.2. The molecule has 3 rings (SSSR count). The van der Waals surface area contributed by atoms with Crippen LogP contribution in [0.3, 0.4) is 0 Å². The molecule has 0 unspecified atom stereocenters. The Bertz CT molecular complexity index is 1010. The van der Waals surface area contributed by atoms with Crippen LogP contribution >= 0.6 is 0 Å². The molecule has 1 atom stereocenters. The fourth-order valence-corrected chi connectivity index (χ4v) is 5.08. The van der Waals surface area contributed by atoms with Crippen molar-refractivity contribution >= 4 is 27.3 Å². The number of carbonyl (C=O) groups excluding carboxylic acids is 1. The molecule has 1 amide bonds. The highest BCUT2D eigenvalue weighted by Crippen LogP contribution is 2.38. The van der Waals surface area contributed by atoms with Gasteiger partial charge in [-0.1, -0.05) is 0 Å². The Morgan fingerprint density at radius 3 is 2.24 bits per heavy atom. The zero-order valence-corrected chi connectivity index (χ0v) is 17.6. The number of amides is 1. The molecule has 1 saturated heterocycles. The Kier molecular flexibility index (Phi) is 5.61. The molecular formula is C20H24N2O6S. The lowest BCUT2D eigenvalue weighted by Crippen LogP contribution is -2.47. The van der Waals surface area contributed by atoms with Crippen LogP contribution in [0.4, 0.5) is 11.4 Å². The van der Waals surface area contributed by atoms with Crippen LogP contribution in [0.25, 0.3) is 0 Å². The molecule has 0 saturated carbocycles. The second kappa shape index (κ2) is 7.82. The van der Waals surface area contributed by atoms with E-state index in [-0.39, 0.29) is 13.0 Å². The van der Waals surface area contributed by atoms with Gasteiger partial charge >= 0.3 is 0 Å². The molecule has 9 heteroatoms. The molecule has 0 spiro atoms. The molecule has 1 aliphatic rings. The summed E-state index contributed by atoms with van der Waals surface area (Å²) in [6.45, 7) is 1.66. The standard InChI is InChI=1S/C20H24N2O6S/c1-20(19(23)21-14-5-10-17(27-3)18(13-14)28-4)11-12-22(29(20,24)25)15-6-8-16(26-2)9-7-15/h5-10,13H,11-12H2,1-4H3,(H,21,23)/t20-/m1/s1. The number of anilines is 2. The Hall–Kier alpha value is -2.94. The Morgan fingerprint density at radius 2 is 1.66 bits per heavy atom. The summed E-state index contributed by atoms with van der Waals surface area (Å²) < 4.78 is 41.6. The molecule has 0 bridgehead atoms. The van der Waals surface area contributed by atoms with Crippen LogP contribution in [-0.2, 0) is 14.8 Å². The lowest BCUT2D eigenvalue weighted by Gasteiger charge is -2.25. The molecule has 0 aromatic heterocycles. The van der Waals surface area contributed by atoms with E-state index in [2.05, 4.69) is 5.32 Å². The zero-order chi connectivity index (χ0) is 21.2. The summed E-state index contributed by atoms with van der Waals surface area (Å²) in [6.07, 6.45) is 0.167. The highest BCUT2D eigenvalue weighted by Gasteiger charge is 2.54. The molecule has 8 nitrogen and oxygen atoms in total. The van der Waals surface area contributed by atoms with Crippen molar-refractivity contribution in [1.82, 2.24) is 0 Å². The van der Waals surface area contributed by atoms with Gasteiger partial charge in [0.1, 0.15) is 5.75 Å². The zero-order valence-electron chi connectivity index (χ0n) is 16.8. The molecule has 1 aliphatic heterocycles. The first kappa shape index (κ1) is 20.8. The number of ether oxygens (including phenoxy) is 3. The van der Waals surface area contributed by atoms with Gasteiger partial charge in [-0.15, -0.1) is 0 Å². The number of hydrogen-bond donors (Lipinski definition) is 1. The summed E-state index contributed by atoms with van der Waals surface area (Å²) >= 11 is 0. The van der Waals surface area contributed by atoms with E-state index in [1.165, 1.54) is 32.6 Å². The van der Waals surface area contributed by atoms with E-state index >= 15 is 0 Å². The third-order valence-corrected chi connectivity index (χ3v) is 7.64. The fourth-order valence-electron chi connectivity index (χ4n) is 3.23. The predicted molar refractivity (Wildman–Crippen MR) is 110 cm³/mol. The molecule has 29 heavy (non-hydrogen) atoms. The van der Waals surface area contributed by atoms with E-state index in [1.807, 2.05) is 0 Å². The van der Waals surface area contributed by atoms with Gasteiger partial charge in [0.15, 0.2) is 16.2 Å². The van der Waals surface area contributed by atoms with E-state index in [0.717, 1.165) is 0 Å². The van der Waals surface area contributed by atoms with Crippen molar-refractivity contribution in [2.45, 2.75) is 18.1 Å². The fraction of sp³-hybridized carbons (Fsp3) is 0.350. The van der Waals surface area contributed by atoms with Crippen molar-refractivity contribution in [1.29, 1.82) is 0 Å². The number of carbonyl (C=O) groups is 1. The van der Waals surface area contributed by atoms with E-state index in [0.29, 0.717) is 28.6 Å². The number of benzene rings is 2. The van der Waals surface area contributed by atoms with E-state index < -0.39 is 20.7 Å². The van der Waals surface area contributed by atoms with Crippen LogP contribution in [0.15, 0.2) is 42.5 Å². The number of nitrogens with one attached hydrogen (secondary N) is 1. The van der Waals surface area contributed by atoms with Crippen LogP contribution in [0.2, 0.25) is 0 Å². The van der Waals surface area contributed by atoms with Crippen molar-refractivity contribution in [3.05, 3.63) is 42.5 Å². The summed E-state index contributed by atoms with van der Waals surface area (Å²) in [7, 11) is 0.610. The maximum absolute atomic E-state index is 13.2. The largest absolute Gasteiger partial charge is 0.497 e. The summed E-state index contributed by atoms with van der Waals surface area (Å²) in [5.74, 6) is 0.973. The minimum atomic E-state index is -3.92. The van der Waals surface area contributed by atoms with Crippen LogP contribution in [0.5, 0.6) is 17.2 Å². The number of rotatable bonds is 6. The van der Waals surface area contributed by atoms with Crippen molar-refractivity contribution in [3.63, 3.8) is 0 Å². The van der Waals surface area contributed by atoms with Gasteiger partial charge in [-0.25, -0.2) is 8.42 Å². The van der Waals surface area contributed by atoms with Gasteiger partial charge in [0, 0.05) is 18.3 Å². The van der Waals surface area contributed by atoms with Crippen molar-refractivity contribution in [2.24, 2.45) is 0 Å². The van der Waals surface area contributed by atoms with Gasteiger partial charge < -0.3 is 19.5 Å². The van der Waals surface area contributed by atoms with Gasteiger partial charge in [0.05, 0.1) is 27.0 Å². The van der Waals surface area contributed by atoms with Crippen LogP contribution in [0, 0.1) is 0 Å². The topological polar surface area (TPSA) is 94.2 Å². The number of nitrogens with zero attached hydrogens (tertiary/aromatic N) is 1. The maximum Gasteiger partial charge on any atom is 0.249 e. The third-order valence-electron chi connectivity index (χ3n) is 5.13. The van der Waals surface area contributed by atoms with Crippen molar-refractivity contribution in [2.75, 3.05) is 37.5 Å². The summed E-state index contributed by atoms with van der Waals surface area (Å²) in [5, 5.41) is 2.70. The first-order chi connectivity index (χ1) is 13.8. The number of hydrogen-bond acceptors (Lipinski definition) is 6. The highest BCUT2D eigenvalue weighted by atomic mass is 32.2. The highest BCUT2D eigenvalue weighted by molar-refractivity contribution is 7.95. The molecule has 1 heterocycles. The average Bonchev–Trinajstić information content (AvgIpc) is 2.98. The Morgan fingerprint density at radius 1 is 1.00 bits per heavy atom. The Labute approximate surface area is 170 Å². The quantitative estimate of drug-likeness (QED) is 0.772. The molecule has 2 aromatic carbocycles. The average molecular weight is 420 g/mol. The van der Waals surface area contributed by atoms with Gasteiger partial charge in [-0.2, -0.15) is 0 Å². The van der Waals surface area contributed by atoms with Crippen LogP contribution in [0.1, 0.15) is 13.3 Å². The minimum Gasteiger partial charge on any atom is -0.497 e. The summed E-state index contributed by atoms with van der Waals surface area (Å²) in [5.41, 5.74) is 0.917. The SMILES string of the molecule is COc1ccc(N2CC[C@](C)(C(=O)Nc3ccc(OC)c(OC)c3)S2(=O)=O)cc1. The lowest BCUT2D eigenvalue weighted by molar-refractivity contribution is -0.118. The number of sulfonamides is 1. The molecule has 0 aliphatic carbocycles. The number of methoxy groups -OCH3 is 3. The molecule has 1 N–H and O–H groups in total. The summed E-state index contributed by atoms with van der Waals surface area (Å²) in [6, 6.07) is 11.6. The van der Waals surface area contributed by atoms with Crippen LogP contribution < -0.4 is 23.8 Å². The molecular weight excluding hydrogens is 396 g/mol. The second-order valence-corrected chi connectivity index (χ2v) is 9.07. The summed E-state index contributed by atoms with van der Waals surface area (Å²) in [4.78, 5) is 13.0.